The molecule has 0 fully saturated rings. The number of allylic oxidation sites excluding steroid dienone is 1. The molecule has 0 aliphatic heterocycles. The van der Waals surface area contributed by atoms with E-state index in [2.05, 4.69) is 30.8 Å². The Kier molecular flexibility index (Phi) is 4.27. The number of rotatable bonds is 5. The maximum atomic E-state index is 5.56. The van der Waals surface area contributed by atoms with Crippen LogP contribution < -0.4 is 5.73 Å². The third-order valence-electron chi connectivity index (χ3n) is 2.10. The van der Waals surface area contributed by atoms with Gasteiger partial charge in [0.05, 0.1) is 0 Å². The molecular weight excluding hydrogens is 158 g/mol. The predicted octanol–water partition coefficient (Wildman–Crippen LogP) is 2.65. The van der Waals surface area contributed by atoms with Gasteiger partial charge in [-0.1, -0.05) is 30.3 Å². The summed E-state index contributed by atoms with van der Waals surface area (Å²) in [6.07, 6.45) is 5.36. The van der Waals surface area contributed by atoms with Crippen molar-refractivity contribution in [2.75, 3.05) is 0 Å². The van der Waals surface area contributed by atoms with Crippen molar-refractivity contribution in [2.45, 2.75) is 25.8 Å². The zero-order chi connectivity index (χ0) is 9.52. The molecule has 0 unspecified atom stereocenters. The van der Waals surface area contributed by atoms with Gasteiger partial charge in [0, 0.05) is 6.54 Å². The second-order valence-corrected chi connectivity index (χ2v) is 3.20. The predicted molar refractivity (Wildman–Crippen MR) is 57.5 cm³/mol. The highest BCUT2D eigenvalue weighted by molar-refractivity contribution is 5.23. The first-order valence-electron chi connectivity index (χ1n) is 4.75. The quantitative estimate of drug-likeness (QED) is 0.540. The lowest BCUT2D eigenvalue weighted by Gasteiger charge is -2.02. The summed E-state index contributed by atoms with van der Waals surface area (Å²) in [7, 11) is 0. The van der Waals surface area contributed by atoms with E-state index in [0.29, 0.717) is 6.54 Å². The van der Waals surface area contributed by atoms with E-state index in [-0.39, 0.29) is 0 Å². The van der Waals surface area contributed by atoms with Crippen LogP contribution >= 0.6 is 0 Å². The molecule has 13 heavy (non-hydrogen) atoms. The van der Waals surface area contributed by atoms with Crippen LogP contribution in [0.1, 0.15) is 24.0 Å². The summed E-state index contributed by atoms with van der Waals surface area (Å²) in [4.78, 5) is 0. The highest BCUT2D eigenvalue weighted by Crippen LogP contribution is 2.08. The summed E-state index contributed by atoms with van der Waals surface area (Å²) >= 11 is 0. The SMILES string of the molecule is C=CCCCc1cccc(CN)c1. The van der Waals surface area contributed by atoms with Gasteiger partial charge in [0.15, 0.2) is 0 Å². The Bertz CT molecular complexity index is 266. The number of aryl methyl sites for hydroxylation is 1. The summed E-state index contributed by atoms with van der Waals surface area (Å²) < 4.78 is 0. The first-order chi connectivity index (χ1) is 6.36. The van der Waals surface area contributed by atoms with Gasteiger partial charge in [0.2, 0.25) is 0 Å². The van der Waals surface area contributed by atoms with E-state index < -0.39 is 0 Å². The second kappa shape index (κ2) is 5.55. The molecule has 0 aromatic heterocycles. The molecule has 1 nitrogen and oxygen atoms in total. The van der Waals surface area contributed by atoms with Crippen molar-refractivity contribution in [3.05, 3.63) is 48.0 Å². The molecule has 0 saturated carbocycles. The molecule has 70 valence electrons. The van der Waals surface area contributed by atoms with Gasteiger partial charge in [-0.15, -0.1) is 6.58 Å². The van der Waals surface area contributed by atoms with E-state index in [0.717, 1.165) is 12.8 Å². The maximum Gasteiger partial charge on any atom is 0.0178 e. The van der Waals surface area contributed by atoms with E-state index in [1.807, 2.05) is 6.08 Å². The minimum absolute atomic E-state index is 0.634. The van der Waals surface area contributed by atoms with Crippen molar-refractivity contribution in [3.63, 3.8) is 0 Å². The van der Waals surface area contributed by atoms with E-state index in [1.165, 1.54) is 17.5 Å². The van der Waals surface area contributed by atoms with E-state index in [4.69, 9.17) is 5.73 Å². The third-order valence-corrected chi connectivity index (χ3v) is 2.10. The number of hydrogen-bond acceptors (Lipinski definition) is 1. The van der Waals surface area contributed by atoms with Crippen molar-refractivity contribution < 1.29 is 0 Å². The summed E-state index contributed by atoms with van der Waals surface area (Å²) in [5.41, 5.74) is 8.16. The molecule has 0 saturated heterocycles. The fourth-order valence-corrected chi connectivity index (χ4v) is 1.36. The molecule has 0 aliphatic rings. The molecule has 0 bridgehead atoms. The second-order valence-electron chi connectivity index (χ2n) is 3.20. The van der Waals surface area contributed by atoms with Crippen molar-refractivity contribution in [1.82, 2.24) is 0 Å². The third kappa shape index (κ3) is 3.43. The lowest BCUT2D eigenvalue weighted by atomic mass is 10.1. The van der Waals surface area contributed by atoms with Crippen LogP contribution in [0.3, 0.4) is 0 Å². The normalized spacial score (nSPS) is 9.92. The summed E-state index contributed by atoms with van der Waals surface area (Å²) in [5, 5.41) is 0. The van der Waals surface area contributed by atoms with Crippen LogP contribution in [0.25, 0.3) is 0 Å². The molecule has 1 aromatic rings. The minimum Gasteiger partial charge on any atom is -0.326 e. The fraction of sp³-hybridized carbons (Fsp3) is 0.333. The summed E-state index contributed by atoms with van der Waals surface area (Å²) in [6.45, 7) is 4.34. The number of nitrogens with two attached hydrogens (primary N) is 1. The van der Waals surface area contributed by atoms with Crippen LogP contribution in [0, 0.1) is 0 Å². The fourth-order valence-electron chi connectivity index (χ4n) is 1.36. The molecule has 0 heterocycles. The molecular formula is C12H17N. The van der Waals surface area contributed by atoms with Gasteiger partial charge in [-0.25, -0.2) is 0 Å². The Hall–Kier alpha value is -1.08. The average molecular weight is 175 g/mol. The van der Waals surface area contributed by atoms with E-state index in [9.17, 15) is 0 Å². The van der Waals surface area contributed by atoms with Crippen LogP contribution in [0.2, 0.25) is 0 Å². The Morgan fingerprint density at radius 1 is 1.31 bits per heavy atom. The number of hydrogen-bond donors (Lipinski definition) is 1. The lowest BCUT2D eigenvalue weighted by molar-refractivity contribution is 0.841. The average Bonchev–Trinajstić information content (AvgIpc) is 2.19. The molecule has 0 spiro atoms. The van der Waals surface area contributed by atoms with Gasteiger partial charge in [0.25, 0.3) is 0 Å². The van der Waals surface area contributed by atoms with Crippen molar-refractivity contribution in [3.8, 4) is 0 Å². The molecule has 0 atom stereocenters. The van der Waals surface area contributed by atoms with Crippen LogP contribution in [-0.2, 0) is 13.0 Å². The van der Waals surface area contributed by atoms with Crippen LogP contribution in [0.4, 0.5) is 0 Å². The zero-order valence-electron chi connectivity index (χ0n) is 8.00. The molecule has 1 heteroatoms. The van der Waals surface area contributed by atoms with Gasteiger partial charge < -0.3 is 5.73 Å². The molecule has 0 amide bonds. The highest BCUT2D eigenvalue weighted by Gasteiger charge is 1.93. The molecule has 2 N–H and O–H groups in total. The van der Waals surface area contributed by atoms with Gasteiger partial charge >= 0.3 is 0 Å². The summed E-state index contributed by atoms with van der Waals surface area (Å²) in [6, 6.07) is 8.48. The van der Waals surface area contributed by atoms with Crippen molar-refractivity contribution in [1.29, 1.82) is 0 Å². The molecule has 1 rings (SSSR count). The van der Waals surface area contributed by atoms with E-state index in [1.54, 1.807) is 0 Å². The minimum atomic E-state index is 0.634. The standard InChI is InChI=1S/C12H17N/c1-2-3-4-6-11-7-5-8-12(9-11)10-13/h2,5,7-9H,1,3-4,6,10,13H2. The lowest BCUT2D eigenvalue weighted by Crippen LogP contribution is -1.96. The molecule has 1 aromatic carbocycles. The van der Waals surface area contributed by atoms with Gasteiger partial charge in [-0.05, 0) is 30.4 Å². The Morgan fingerprint density at radius 2 is 2.08 bits per heavy atom. The first-order valence-corrected chi connectivity index (χ1v) is 4.75. The number of benzene rings is 1. The molecule has 0 radical (unpaired) electrons. The van der Waals surface area contributed by atoms with Crippen LogP contribution in [0.15, 0.2) is 36.9 Å². The highest BCUT2D eigenvalue weighted by atomic mass is 14.5. The van der Waals surface area contributed by atoms with Crippen molar-refractivity contribution >= 4 is 0 Å². The number of unbranched alkanes of at least 4 members (excludes halogenated alkanes) is 1. The molecule has 0 aliphatic carbocycles. The smallest absolute Gasteiger partial charge is 0.0178 e. The topological polar surface area (TPSA) is 26.0 Å². The van der Waals surface area contributed by atoms with Gasteiger partial charge in [-0.2, -0.15) is 0 Å². The van der Waals surface area contributed by atoms with Crippen LogP contribution in [-0.4, -0.2) is 0 Å². The maximum absolute atomic E-state index is 5.56. The van der Waals surface area contributed by atoms with E-state index >= 15 is 0 Å². The Morgan fingerprint density at radius 3 is 2.77 bits per heavy atom. The largest absolute Gasteiger partial charge is 0.326 e. The van der Waals surface area contributed by atoms with Crippen molar-refractivity contribution in [2.24, 2.45) is 5.73 Å². The zero-order valence-corrected chi connectivity index (χ0v) is 8.00. The Labute approximate surface area is 80.3 Å². The van der Waals surface area contributed by atoms with Crippen LogP contribution in [0.5, 0.6) is 0 Å². The summed E-state index contributed by atoms with van der Waals surface area (Å²) in [5.74, 6) is 0. The monoisotopic (exact) mass is 175 g/mol. The Balaban J connectivity index is 2.50. The first kappa shape index (κ1) is 10.0. The van der Waals surface area contributed by atoms with Gasteiger partial charge in [0.1, 0.15) is 0 Å². The van der Waals surface area contributed by atoms with Gasteiger partial charge in [-0.3, -0.25) is 0 Å².